The van der Waals surface area contributed by atoms with Crippen molar-refractivity contribution in [2.24, 2.45) is 0 Å². The zero-order valence-electron chi connectivity index (χ0n) is 13.1. The Kier molecular flexibility index (Phi) is 3.30. The molecule has 1 aromatic carbocycles. The molecule has 1 heterocycles. The van der Waals surface area contributed by atoms with Gasteiger partial charge in [-0.3, -0.25) is 0 Å². The van der Waals surface area contributed by atoms with Crippen LogP contribution in [-0.2, 0) is 9.47 Å². The third-order valence-electron chi connectivity index (χ3n) is 4.93. The maximum Gasteiger partial charge on any atom is 0.230 e. The Hall–Kier alpha value is -2.00. The van der Waals surface area contributed by atoms with Crippen LogP contribution in [-0.4, -0.2) is 25.8 Å². The van der Waals surface area contributed by atoms with Crippen molar-refractivity contribution in [2.45, 2.75) is 24.8 Å². The monoisotopic (exact) mass is 295 g/mol. The van der Waals surface area contributed by atoms with Crippen LogP contribution in [0.3, 0.4) is 0 Å². The van der Waals surface area contributed by atoms with Gasteiger partial charge in [-0.1, -0.05) is 35.9 Å². The predicted octanol–water partition coefficient (Wildman–Crippen LogP) is 3.88. The predicted molar refractivity (Wildman–Crippen MR) is 86.1 cm³/mol. The fourth-order valence-corrected chi connectivity index (χ4v) is 3.82. The number of nitrogens with zero attached hydrogens (tertiary/aromatic N) is 1. The summed E-state index contributed by atoms with van der Waals surface area (Å²) in [7, 11) is 4.34. The number of hydrogen-bond acceptors (Lipinski definition) is 3. The van der Waals surface area contributed by atoms with E-state index in [1.807, 2.05) is 6.26 Å². The minimum atomic E-state index is 0.327. The second kappa shape index (κ2) is 5.33. The molecule has 1 aliphatic heterocycles. The number of rotatable bonds is 2. The molecule has 4 rings (SSSR count). The number of hydrogen-bond donors (Lipinski definition) is 0. The molecular formula is C19H21NO2. The Morgan fingerprint density at radius 3 is 2.73 bits per heavy atom. The lowest BCUT2D eigenvalue weighted by atomic mass is 9.85. The lowest BCUT2D eigenvalue weighted by Gasteiger charge is -2.26. The van der Waals surface area contributed by atoms with Crippen LogP contribution in [0.1, 0.15) is 35.9 Å². The zero-order valence-corrected chi connectivity index (χ0v) is 13.1. The lowest BCUT2D eigenvalue weighted by molar-refractivity contribution is 0.0141. The summed E-state index contributed by atoms with van der Waals surface area (Å²) in [4.78, 5) is 2.33. The maximum atomic E-state index is 5.54. The molecule has 0 unspecified atom stereocenters. The van der Waals surface area contributed by atoms with Crippen molar-refractivity contribution in [3.05, 3.63) is 70.7 Å². The summed E-state index contributed by atoms with van der Waals surface area (Å²) in [5.41, 5.74) is 5.57. The Morgan fingerprint density at radius 1 is 1.09 bits per heavy atom. The summed E-state index contributed by atoms with van der Waals surface area (Å²) in [6.07, 6.45) is 8.27. The summed E-state index contributed by atoms with van der Waals surface area (Å²) >= 11 is 0. The van der Waals surface area contributed by atoms with Crippen LogP contribution < -0.4 is 0 Å². The van der Waals surface area contributed by atoms with Gasteiger partial charge in [0.25, 0.3) is 0 Å². The van der Waals surface area contributed by atoms with Gasteiger partial charge in [0.1, 0.15) is 5.76 Å². The minimum Gasteiger partial charge on any atom is -0.465 e. The van der Waals surface area contributed by atoms with Crippen LogP contribution in [0.25, 0.3) is 0 Å². The fourth-order valence-electron chi connectivity index (χ4n) is 3.82. The fraction of sp³-hybridized carbons (Fsp3) is 0.368. The van der Waals surface area contributed by atoms with Gasteiger partial charge in [0.15, 0.2) is 0 Å². The van der Waals surface area contributed by atoms with Crippen LogP contribution in [0.15, 0.2) is 59.6 Å². The molecule has 0 aromatic heterocycles. The van der Waals surface area contributed by atoms with E-state index in [0.717, 1.165) is 24.2 Å². The van der Waals surface area contributed by atoms with E-state index in [1.54, 1.807) is 0 Å². The summed E-state index contributed by atoms with van der Waals surface area (Å²) in [6, 6.07) is 9.36. The number of allylic oxidation sites excluding steroid dienone is 4. The van der Waals surface area contributed by atoms with E-state index in [0.29, 0.717) is 18.8 Å². The van der Waals surface area contributed by atoms with E-state index < -0.39 is 0 Å². The molecule has 2 aliphatic carbocycles. The van der Waals surface area contributed by atoms with Crippen LogP contribution in [0.5, 0.6) is 0 Å². The number of fused-ring (bicyclic) bond motifs is 2. The Bertz CT molecular complexity index is 684. The summed E-state index contributed by atoms with van der Waals surface area (Å²) in [5, 5.41) is 0. The summed E-state index contributed by atoms with van der Waals surface area (Å²) in [5.74, 6) is 1.45. The van der Waals surface area contributed by atoms with Crippen molar-refractivity contribution in [2.75, 3.05) is 20.9 Å². The average molecular weight is 295 g/mol. The van der Waals surface area contributed by atoms with Gasteiger partial charge in [0, 0.05) is 24.0 Å². The SMILES string of the molecule is CN(C)[C@H]1C[C@H](C2=CC=C3OCOC=C3C2)c2ccccc21. The molecule has 3 heteroatoms. The van der Waals surface area contributed by atoms with Crippen LogP contribution in [0, 0.1) is 0 Å². The largest absolute Gasteiger partial charge is 0.465 e. The summed E-state index contributed by atoms with van der Waals surface area (Å²) in [6.45, 7) is 0.327. The van der Waals surface area contributed by atoms with Gasteiger partial charge < -0.3 is 14.4 Å². The van der Waals surface area contributed by atoms with Gasteiger partial charge in [-0.25, -0.2) is 0 Å². The Labute approximate surface area is 131 Å². The van der Waals surface area contributed by atoms with E-state index in [9.17, 15) is 0 Å². The molecule has 0 radical (unpaired) electrons. The highest BCUT2D eigenvalue weighted by Crippen LogP contribution is 2.48. The van der Waals surface area contributed by atoms with Crippen molar-refractivity contribution in [3.8, 4) is 0 Å². The quantitative estimate of drug-likeness (QED) is 0.826. The first-order chi connectivity index (χ1) is 10.7. The molecule has 3 aliphatic rings. The second-order valence-electron chi connectivity index (χ2n) is 6.42. The summed E-state index contributed by atoms with van der Waals surface area (Å²) < 4.78 is 10.9. The van der Waals surface area contributed by atoms with Crippen molar-refractivity contribution < 1.29 is 9.47 Å². The van der Waals surface area contributed by atoms with Gasteiger partial charge in [-0.05, 0) is 37.7 Å². The van der Waals surface area contributed by atoms with E-state index in [2.05, 4.69) is 55.4 Å². The molecular weight excluding hydrogens is 274 g/mol. The first-order valence-corrected chi connectivity index (χ1v) is 7.84. The highest BCUT2D eigenvalue weighted by atomic mass is 16.7. The van der Waals surface area contributed by atoms with Gasteiger partial charge in [0.2, 0.25) is 6.79 Å². The van der Waals surface area contributed by atoms with Crippen molar-refractivity contribution in [1.29, 1.82) is 0 Å². The molecule has 0 amide bonds. The number of benzene rings is 1. The first kappa shape index (κ1) is 13.6. The highest BCUT2D eigenvalue weighted by molar-refractivity contribution is 5.48. The smallest absolute Gasteiger partial charge is 0.230 e. The maximum absolute atomic E-state index is 5.54. The molecule has 0 spiro atoms. The topological polar surface area (TPSA) is 21.7 Å². The minimum absolute atomic E-state index is 0.327. The average Bonchev–Trinajstić information content (AvgIpc) is 2.94. The molecule has 0 saturated heterocycles. The Morgan fingerprint density at radius 2 is 1.91 bits per heavy atom. The van der Waals surface area contributed by atoms with Crippen molar-refractivity contribution >= 4 is 0 Å². The van der Waals surface area contributed by atoms with Crippen LogP contribution in [0.2, 0.25) is 0 Å². The molecule has 114 valence electrons. The molecule has 2 atom stereocenters. The van der Waals surface area contributed by atoms with Gasteiger partial charge in [0.05, 0.1) is 6.26 Å². The van der Waals surface area contributed by atoms with Crippen molar-refractivity contribution in [1.82, 2.24) is 4.90 Å². The standard InChI is InChI=1S/C19H21NO2/c1-20(2)18-10-17(15-5-3-4-6-16(15)18)13-7-8-19-14(9-13)11-21-12-22-19/h3-8,11,17-18H,9-10,12H2,1-2H3/t17-,18+/m1/s1. The molecule has 1 aromatic rings. The van der Waals surface area contributed by atoms with Gasteiger partial charge >= 0.3 is 0 Å². The Balaban J connectivity index is 1.70. The third-order valence-corrected chi connectivity index (χ3v) is 4.93. The first-order valence-electron chi connectivity index (χ1n) is 7.84. The number of ether oxygens (including phenoxy) is 2. The lowest BCUT2D eigenvalue weighted by Crippen LogP contribution is -2.18. The van der Waals surface area contributed by atoms with Crippen LogP contribution in [0.4, 0.5) is 0 Å². The van der Waals surface area contributed by atoms with Gasteiger partial charge in [-0.2, -0.15) is 0 Å². The van der Waals surface area contributed by atoms with E-state index in [4.69, 9.17) is 9.47 Å². The molecule has 0 bridgehead atoms. The zero-order chi connectivity index (χ0) is 15.1. The second-order valence-corrected chi connectivity index (χ2v) is 6.42. The normalized spacial score (nSPS) is 26.2. The molecule has 0 N–H and O–H groups in total. The third kappa shape index (κ3) is 2.17. The molecule has 0 saturated carbocycles. The van der Waals surface area contributed by atoms with E-state index >= 15 is 0 Å². The van der Waals surface area contributed by atoms with E-state index in [-0.39, 0.29) is 0 Å². The highest BCUT2D eigenvalue weighted by Gasteiger charge is 2.35. The van der Waals surface area contributed by atoms with Gasteiger partial charge in [-0.15, -0.1) is 0 Å². The van der Waals surface area contributed by atoms with E-state index in [1.165, 1.54) is 16.7 Å². The van der Waals surface area contributed by atoms with Crippen molar-refractivity contribution in [3.63, 3.8) is 0 Å². The van der Waals surface area contributed by atoms with Crippen LogP contribution >= 0.6 is 0 Å². The molecule has 3 nitrogen and oxygen atoms in total. The molecule has 22 heavy (non-hydrogen) atoms. The molecule has 0 fully saturated rings.